The van der Waals surface area contributed by atoms with Crippen molar-refractivity contribution in [2.45, 2.75) is 57.8 Å². The number of rotatable bonds is 8. The second-order valence-electron chi connectivity index (χ2n) is 7.28. The Balaban J connectivity index is 1.31. The molecule has 1 saturated heterocycles. The molecule has 138 valence electrons. The molecule has 6 heteroatoms. The number of anilines is 2. The molecule has 1 amide bonds. The van der Waals surface area contributed by atoms with Crippen LogP contribution in [-0.4, -0.2) is 42.1 Å². The largest absolute Gasteiger partial charge is 0.368 e. The van der Waals surface area contributed by atoms with Crippen molar-refractivity contribution in [2.75, 3.05) is 36.4 Å². The molecule has 1 aromatic rings. The minimum absolute atomic E-state index is 0.174. The Bertz CT molecular complexity index is 538. The number of nitrogens with one attached hydrogen (secondary N) is 2. The molecule has 0 unspecified atom stereocenters. The van der Waals surface area contributed by atoms with Gasteiger partial charge in [0.2, 0.25) is 5.91 Å². The maximum absolute atomic E-state index is 12.0. The summed E-state index contributed by atoms with van der Waals surface area (Å²) < 4.78 is 0. The highest BCUT2D eigenvalue weighted by molar-refractivity contribution is 5.75. The van der Waals surface area contributed by atoms with Gasteiger partial charge in [0.05, 0.1) is 0 Å². The number of hydrogen-bond acceptors (Lipinski definition) is 5. The normalized spacial score (nSPS) is 18.3. The Morgan fingerprint density at radius 3 is 2.68 bits per heavy atom. The van der Waals surface area contributed by atoms with Crippen LogP contribution in [0.4, 0.5) is 11.6 Å². The molecule has 1 aromatic heterocycles. The van der Waals surface area contributed by atoms with Crippen LogP contribution in [0.2, 0.25) is 0 Å². The van der Waals surface area contributed by atoms with Gasteiger partial charge in [-0.25, -0.2) is 9.97 Å². The minimum Gasteiger partial charge on any atom is -0.368 e. The first kappa shape index (κ1) is 18.0. The first-order valence-electron chi connectivity index (χ1n) is 9.89. The third-order valence-corrected chi connectivity index (χ3v) is 5.34. The van der Waals surface area contributed by atoms with Crippen molar-refractivity contribution in [2.24, 2.45) is 5.92 Å². The zero-order valence-electron chi connectivity index (χ0n) is 15.2. The predicted octanol–water partition coefficient (Wildman–Crippen LogP) is 2.97. The van der Waals surface area contributed by atoms with Crippen LogP contribution in [0.15, 0.2) is 12.4 Å². The molecule has 0 atom stereocenters. The number of nitrogens with zero attached hydrogens (tertiary/aromatic N) is 3. The molecule has 0 spiro atoms. The SMILES string of the molecule is O=C(CCC1CCCCC1)NCCNc1cc(N2CCCC2)ncn1. The molecule has 1 saturated carbocycles. The molecule has 0 aromatic carbocycles. The van der Waals surface area contributed by atoms with E-state index in [-0.39, 0.29) is 5.91 Å². The summed E-state index contributed by atoms with van der Waals surface area (Å²) >= 11 is 0. The van der Waals surface area contributed by atoms with Crippen molar-refractivity contribution in [3.8, 4) is 0 Å². The molecule has 6 nitrogen and oxygen atoms in total. The fourth-order valence-corrected chi connectivity index (χ4v) is 3.85. The van der Waals surface area contributed by atoms with Crippen molar-refractivity contribution < 1.29 is 4.79 Å². The van der Waals surface area contributed by atoms with Gasteiger partial charge >= 0.3 is 0 Å². The lowest BCUT2D eigenvalue weighted by Crippen LogP contribution is -2.29. The zero-order chi connectivity index (χ0) is 17.3. The van der Waals surface area contributed by atoms with Crippen LogP contribution in [0, 0.1) is 5.92 Å². The summed E-state index contributed by atoms with van der Waals surface area (Å²) in [6.45, 7) is 3.47. The van der Waals surface area contributed by atoms with Crippen LogP contribution < -0.4 is 15.5 Å². The summed E-state index contributed by atoms with van der Waals surface area (Å²) in [7, 11) is 0. The average molecular weight is 345 g/mol. The maximum atomic E-state index is 12.0. The highest BCUT2D eigenvalue weighted by Crippen LogP contribution is 2.27. The van der Waals surface area contributed by atoms with E-state index < -0.39 is 0 Å². The monoisotopic (exact) mass is 345 g/mol. The van der Waals surface area contributed by atoms with E-state index in [1.807, 2.05) is 6.07 Å². The quantitative estimate of drug-likeness (QED) is 0.709. The molecular formula is C19H31N5O. The fourth-order valence-electron chi connectivity index (χ4n) is 3.85. The minimum atomic E-state index is 0.174. The van der Waals surface area contributed by atoms with Gasteiger partial charge in [-0.15, -0.1) is 0 Å². The Morgan fingerprint density at radius 2 is 1.88 bits per heavy atom. The van der Waals surface area contributed by atoms with Gasteiger partial charge in [-0.1, -0.05) is 32.1 Å². The van der Waals surface area contributed by atoms with E-state index in [1.54, 1.807) is 6.33 Å². The Hall–Kier alpha value is -1.85. The molecule has 0 bridgehead atoms. The summed E-state index contributed by atoms with van der Waals surface area (Å²) in [5.41, 5.74) is 0. The van der Waals surface area contributed by atoms with Gasteiger partial charge in [-0.3, -0.25) is 4.79 Å². The summed E-state index contributed by atoms with van der Waals surface area (Å²) in [6, 6.07) is 2.00. The standard InChI is InChI=1S/C19H31N5O/c25-19(9-8-16-6-2-1-3-7-16)21-11-10-20-17-14-18(23-15-22-17)24-12-4-5-13-24/h14-16H,1-13H2,(H,21,25)(H,20,22,23). The number of amides is 1. The van der Waals surface area contributed by atoms with Crippen LogP contribution >= 0.6 is 0 Å². The lowest BCUT2D eigenvalue weighted by molar-refractivity contribution is -0.121. The van der Waals surface area contributed by atoms with E-state index in [0.717, 1.165) is 37.1 Å². The van der Waals surface area contributed by atoms with Crippen molar-refractivity contribution in [3.05, 3.63) is 12.4 Å². The Labute approximate surface area is 150 Å². The van der Waals surface area contributed by atoms with Crippen LogP contribution in [0.3, 0.4) is 0 Å². The first-order valence-corrected chi connectivity index (χ1v) is 9.89. The number of hydrogen-bond donors (Lipinski definition) is 2. The highest BCUT2D eigenvalue weighted by atomic mass is 16.1. The average Bonchev–Trinajstić information content (AvgIpc) is 3.19. The van der Waals surface area contributed by atoms with E-state index in [4.69, 9.17) is 0 Å². The molecule has 1 aliphatic carbocycles. The molecule has 2 heterocycles. The molecule has 3 rings (SSSR count). The maximum Gasteiger partial charge on any atom is 0.220 e. The lowest BCUT2D eigenvalue weighted by Gasteiger charge is -2.21. The summed E-state index contributed by atoms with van der Waals surface area (Å²) in [5, 5.41) is 6.28. The molecule has 25 heavy (non-hydrogen) atoms. The van der Waals surface area contributed by atoms with Gasteiger partial charge in [0, 0.05) is 38.7 Å². The summed E-state index contributed by atoms with van der Waals surface area (Å²) in [6.07, 6.45) is 12.5. The molecule has 0 radical (unpaired) electrons. The lowest BCUT2D eigenvalue weighted by atomic mass is 9.86. The molecule has 2 aliphatic rings. The summed E-state index contributed by atoms with van der Waals surface area (Å²) in [5.74, 6) is 2.76. The second-order valence-corrected chi connectivity index (χ2v) is 7.28. The van der Waals surface area contributed by atoms with Gasteiger partial charge in [-0.05, 0) is 25.2 Å². The number of aromatic nitrogens is 2. The van der Waals surface area contributed by atoms with E-state index >= 15 is 0 Å². The predicted molar refractivity (Wildman–Crippen MR) is 101 cm³/mol. The molecule has 2 fully saturated rings. The highest BCUT2D eigenvalue weighted by Gasteiger charge is 2.15. The Morgan fingerprint density at radius 1 is 1.08 bits per heavy atom. The van der Waals surface area contributed by atoms with Crippen LogP contribution in [0.1, 0.15) is 57.8 Å². The van der Waals surface area contributed by atoms with E-state index in [2.05, 4.69) is 25.5 Å². The van der Waals surface area contributed by atoms with Gasteiger partial charge in [0.1, 0.15) is 18.0 Å². The topological polar surface area (TPSA) is 70.2 Å². The fraction of sp³-hybridized carbons (Fsp3) is 0.737. The van der Waals surface area contributed by atoms with Gasteiger partial charge in [0.25, 0.3) is 0 Å². The third kappa shape index (κ3) is 5.87. The van der Waals surface area contributed by atoms with Gasteiger partial charge in [0.15, 0.2) is 0 Å². The van der Waals surface area contributed by atoms with Gasteiger partial charge < -0.3 is 15.5 Å². The van der Waals surface area contributed by atoms with Crippen molar-refractivity contribution in [1.82, 2.24) is 15.3 Å². The number of carbonyl (C=O) groups is 1. The summed E-state index contributed by atoms with van der Waals surface area (Å²) in [4.78, 5) is 22.9. The molecular weight excluding hydrogens is 314 g/mol. The second kappa shape index (κ2) is 9.59. The third-order valence-electron chi connectivity index (χ3n) is 5.34. The van der Waals surface area contributed by atoms with Crippen LogP contribution in [0.5, 0.6) is 0 Å². The zero-order valence-corrected chi connectivity index (χ0v) is 15.2. The van der Waals surface area contributed by atoms with E-state index in [1.165, 1.54) is 44.9 Å². The van der Waals surface area contributed by atoms with Gasteiger partial charge in [-0.2, -0.15) is 0 Å². The number of carbonyl (C=O) groups excluding carboxylic acids is 1. The first-order chi connectivity index (χ1) is 12.3. The Kier molecular flexibility index (Phi) is 6.89. The van der Waals surface area contributed by atoms with E-state index in [9.17, 15) is 4.79 Å². The smallest absolute Gasteiger partial charge is 0.220 e. The van der Waals surface area contributed by atoms with Crippen molar-refractivity contribution in [1.29, 1.82) is 0 Å². The van der Waals surface area contributed by atoms with Crippen molar-refractivity contribution >= 4 is 17.5 Å². The van der Waals surface area contributed by atoms with Crippen molar-refractivity contribution in [3.63, 3.8) is 0 Å². The van der Waals surface area contributed by atoms with Crippen LogP contribution in [-0.2, 0) is 4.79 Å². The van der Waals surface area contributed by atoms with Crippen LogP contribution in [0.25, 0.3) is 0 Å². The molecule has 2 N–H and O–H groups in total. The van der Waals surface area contributed by atoms with E-state index in [0.29, 0.717) is 19.5 Å². The molecule has 1 aliphatic heterocycles.